The molecule has 118 valence electrons. The van der Waals surface area contributed by atoms with Gasteiger partial charge in [0.2, 0.25) is 0 Å². The molecule has 1 nitrogen and oxygen atoms in total. The molecule has 1 heteroatoms. The molecule has 0 spiro atoms. The second-order valence-electron chi connectivity index (χ2n) is 8.39. The van der Waals surface area contributed by atoms with Crippen molar-refractivity contribution in [3.05, 3.63) is 40.5 Å². The van der Waals surface area contributed by atoms with E-state index in [0.717, 1.165) is 6.42 Å². The smallest absolute Gasteiger partial charge is 0.0549 e. The molecule has 0 aliphatic rings. The lowest BCUT2D eigenvalue weighted by Gasteiger charge is -2.26. The first-order valence-electron chi connectivity index (χ1n) is 7.91. The number of rotatable bonds is 3. The molecule has 0 aliphatic carbocycles. The van der Waals surface area contributed by atoms with Gasteiger partial charge in [0.1, 0.15) is 0 Å². The highest BCUT2D eigenvalue weighted by atomic mass is 16.3. The molecule has 0 amide bonds. The van der Waals surface area contributed by atoms with Crippen molar-refractivity contribution >= 4 is 6.08 Å². The molecular weight excluding hydrogens is 256 g/mol. The predicted molar refractivity (Wildman–Crippen MR) is 93.8 cm³/mol. The molecule has 0 saturated carbocycles. The summed E-state index contributed by atoms with van der Waals surface area (Å²) in [6, 6.07) is 6.89. The largest absolute Gasteiger partial charge is 0.393 e. The molecule has 0 fully saturated rings. The van der Waals surface area contributed by atoms with Crippen molar-refractivity contribution in [1.29, 1.82) is 0 Å². The third kappa shape index (κ3) is 5.67. The maximum atomic E-state index is 9.53. The molecule has 1 aromatic rings. The molecule has 1 N–H and O–H groups in total. The Labute approximate surface area is 131 Å². The number of aliphatic hydroxyl groups is 1. The highest BCUT2D eigenvalue weighted by molar-refractivity contribution is 5.56. The quantitative estimate of drug-likeness (QED) is 0.783. The molecular formula is C20H32O. The van der Waals surface area contributed by atoms with Gasteiger partial charge >= 0.3 is 0 Å². The number of hydrogen-bond acceptors (Lipinski definition) is 1. The van der Waals surface area contributed by atoms with Gasteiger partial charge in [0, 0.05) is 0 Å². The van der Waals surface area contributed by atoms with Crippen LogP contribution in [0.15, 0.2) is 23.8 Å². The maximum absolute atomic E-state index is 9.53. The van der Waals surface area contributed by atoms with Crippen LogP contribution in [0.25, 0.3) is 6.08 Å². The first-order valence-corrected chi connectivity index (χ1v) is 7.91. The fourth-order valence-electron chi connectivity index (χ4n) is 2.41. The SMILES string of the molecule is CC(=Cc1cc(C(C)(C)C)cc(C(C)(C)C)c1)CC(C)O. The van der Waals surface area contributed by atoms with E-state index in [4.69, 9.17) is 0 Å². The van der Waals surface area contributed by atoms with Gasteiger partial charge in [-0.25, -0.2) is 0 Å². The fraction of sp³-hybridized carbons (Fsp3) is 0.600. The summed E-state index contributed by atoms with van der Waals surface area (Å²) in [5.74, 6) is 0. The van der Waals surface area contributed by atoms with Gasteiger partial charge in [-0.2, -0.15) is 0 Å². The minimum absolute atomic E-state index is 0.141. The van der Waals surface area contributed by atoms with Crippen LogP contribution < -0.4 is 0 Å². The van der Waals surface area contributed by atoms with E-state index in [9.17, 15) is 5.11 Å². The van der Waals surface area contributed by atoms with Gasteiger partial charge in [-0.05, 0) is 47.8 Å². The molecule has 0 heterocycles. The third-order valence-electron chi connectivity index (χ3n) is 3.72. The standard InChI is InChI=1S/C20H32O/c1-14(9-15(2)21)10-16-11-17(19(3,4)5)13-18(12-16)20(6,7)8/h10-13,15,21H,9H2,1-8H3. The van der Waals surface area contributed by atoms with Gasteiger partial charge in [-0.15, -0.1) is 0 Å². The van der Waals surface area contributed by atoms with E-state index in [2.05, 4.69) is 72.7 Å². The predicted octanol–water partition coefficient (Wildman–Crippen LogP) is 5.46. The highest BCUT2D eigenvalue weighted by Gasteiger charge is 2.20. The van der Waals surface area contributed by atoms with E-state index in [1.807, 2.05) is 6.92 Å². The van der Waals surface area contributed by atoms with Crippen LogP contribution in [0.3, 0.4) is 0 Å². The minimum Gasteiger partial charge on any atom is -0.393 e. The Hall–Kier alpha value is -1.08. The highest BCUT2D eigenvalue weighted by Crippen LogP contribution is 2.31. The number of hydrogen-bond donors (Lipinski definition) is 1. The van der Waals surface area contributed by atoms with Gasteiger partial charge in [-0.1, -0.05) is 71.4 Å². The average Bonchev–Trinajstić information content (AvgIpc) is 2.24. The summed E-state index contributed by atoms with van der Waals surface area (Å²) in [6.07, 6.45) is 2.65. The van der Waals surface area contributed by atoms with Crippen molar-refractivity contribution in [2.75, 3.05) is 0 Å². The topological polar surface area (TPSA) is 20.2 Å². The van der Waals surface area contributed by atoms with Crippen molar-refractivity contribution < 1.29 is 5.11 Å². The van der Waals surface area contributed by atoms with Crippen molar-refractivity contribution in [2.24, 2.45) is 0 Å². The Balaban J connectivity index is 3.33. The lowest BCUT2D eigenvalue weighted by Crippen LogP contribution is -2.16. The summed E-state index contributed by atoms with van der Waals surface area (Å²) in [4.78, 5) is 0. The van der Waals surface area contributed by atoms with Crippen LogP contribution in [0.4, 0.5) is 0 Å². The van der Waals surface area contributed by atoms with E-state index in [0.29, 0.717) is 0 Å². The lowest BCUT2D eigenvalue weighted by atomic mass is 9.79. The number of aliphatic hydroxyl groups excluding tert-OH is 1. The van der Waals surface area contributed by atoms with Gasteiger partial charge in [0.15, 0.2) is 0 Å². The maximum Gasteiger partial charge on any atom is 0.0549 e. The minimum atomic E-state index is -0.283. The number of benzene rings is 1. The van der Waals surface area contributed by atoms with Gasteiger partial charge in [0.25, 0.3) is 0 Å². The monoisotopic (exact) mass is 288 g/mol. The van der Waals surface area contributed by atoms with Crippen molar-refractivity contribution in [3.63, 3.8) is 0 Å². The summed E-state index contributed by atoms with van der Waals surface area (Å²) >= 11 is 0. The zero-order chi connectivity index (χ0) is 16.4. The summed E-state index contributed by atoms with van der Waals surface area (Å²) in [5, 5.41) is 9.53. The third-order valence-corrected chi connectivity index (χ3v) is 3.72. The Kier molecular flexibility index (Phi) is 5.44. The summed E-state index contributed by atoms with van der Waals surface area (Å²) in [7, 11) is 0. The summed E-state index contributed by atoms with van der Waals surface area (Å²) < 4.78 is 0. The van der Waals surface area contributed by atoms with Crippen molar-refractivity contribution in [3.8, 4) is 0 Å². The first-order chi connectivity index (χ1) is 9.39. The van der Waals surface area contributed by atoms with E-state index in [1.54, 1.807) is 0 Å². The Bertz CT molecular complexity index is 475. The summed E-state index contributed by atoms with van der Waals surface area (Å²) in [6.45, 7) is 17.5. The van der Waals surface area contributed by atoms with E-state index in [1.165, 1.54) is 22.3 Å². The molecule has 1 unspecified atom stereocenters. The van der Waals surface area contributed by atoms with Gasteiger partial charge < -0.3 is 5.11 Å². The van der Waals surface area contributed by atoms with Crippen LogP contribution in [0.2, 0.25) is 0 Å². The fourth-order valence-corrected chi connectivity index (χ4v) is 2.41. The Morgan fingerprint density at radius 2 is 1.43 bits per heavy atom. The summed E-state index contributed by atoms with van der Waals surface area (Å²) in [5.41, 5.74) is 5.47. The Morgan fingerprint density at radius 1 is 1.00 bits per heavy atom. The van der Waals surface area contributed by atoms with Gasteiger partial charge in [-0.3, -0.25) is 0 Å². The molecule has 0 bridgehead atoms. The zero-order valence-electron chi connectivity index (χ0n) is 15.0. The van der Waals surface area contributed by atoms with E-state index >= 15 is 0 Å². The van der Waals surface area contributed by atoms with E-state index in [-0.39, 0.29) is 16.9 Å². The zero-order valence-corrected chi connectivity index (χ0v) is 15.0. The van der Waals surface area contributed by atoms with Crippen LogP contribution >= 0.6 is 0 Å². The molecule has 0 radical (unpaired) electrons. The molecule has 21 heavy (non-hydrogen) atoms. The van der Waals surface area contributed by atoms with Gasteiger partial charge in [0.05, 0.1) is 6.10 Å². The molecule has 1 rings (SSSR count). The van der Waals surface area contributed by atoms with Crippen LogP contribution in [-0.4, -0.2) is 11.2 Å². The van der Waals surface area contributed by atoms with Crippen molar-refractivity contribution in [1.82, 2.24) is 0 Å². The second kappa shape index (κ2) is 6.36. The molecule has 0 saturated heterocycles. The molecule has 1 aromatic carbocycles. The van der Waals surface area contributed by atoms with Crippen LogP contribution in [-0.2, 0) is 10.8 Å². The lowest BCUT2D eigenvalue weighted by molar-refractivity contribution is 0.195. The second-order valence-corrected chi connectivity index (χ2v) is 8.39. The molecule has 0 aliphatic heterocycles. The first kappa shape index (κ1) is 18.0. The van der Waals surface area contributed by atoms with Crippen LogP contribution in [0.1, 0.15) is 78.5 Å². The van der Waals surface area contributed by atoms with Crippen molar-refractivity contribution in [2.45, 2.75) is 78.7 Å². The van der Waals surface area contributed by atoms with Crippen LogP contribution in [0.5, 0.6) is 0 Å². The average molecular weight is 288 g/mol. The normalized spacial score (nSPS) is 15.2. The van der Waals surface area contributed by atoms with E-state index < -0.39 is 0 Å². The Morgan fingerprint density at radius 3 is 1.76 bits per heavy atom. The van der Waals surface area contributed by atoms with Crippen LogP contribution in [0, 0.1) is 0 Å². The molecule has 1 atom stereocenters. The molecule has 0 aromatic heterocycles.